The third-order valence-corrected chi connectivity index (χ3v) is 3.24. The Kier molecular flexibility index (Phi) is 2.35. The van der Waals surface area contributed by atoms with Gasteiger partial charge in [0.25, 0.3) is 0 Å². The summed E-state index contributed by atoms with van der Waals surface area (Å²) in [7, 11) is 0. The van der Waals surface area contributed by atoms with Gasteiger partial charge in [0.2, 0.25) is 0 Å². The van der Waals surface area contributed by atoms with Gasteiger partial charge in [-0.2, -0.15) is 5.10 Å². The second kappa shape index (κ2) is 4.31. The molecule has 20 heavy (non-hydrogen) atoms. The van der Waals surface area contributed by atoms with Gasteiger partial charge in [0.1, 0.15) is 19.0 Å². The quantitative estimate of drug-likeness (QED) is 0.557. The summed E-state index contributed by atoms with van der Waals surface area (Å²) in [6, 6.07) is 16.2. The second-order valence-corrected chi connectivity index (χ2v) is 4.46. The van der Waals surface area contributed by atoms with Crippen LogP contribution < -0.4 is 0 Å². The average Bonchev–Trinajstić information content (AvgIpc) is 3.17. The number of para-hydroxylation sites is 2. The van der Waals surface area contributed by atoms with Crippen molar-refractivity contribution in [1.82, 2.24) is 24.3 Å². The predicted molar refractivity (Wildman–Crippen MR) is 76.0 cm³/mol. The van der Waals surface area contributed by atoms with E-state index < -0.39 is 0 Å². The van der Waals surface area contributed by atoms with Gasteiger partial charge in [0.05, 0.1) is 16.7 Å². The molecule has 0 bridgehead atoms. The van der Waals surface area contributed by atoms with Crippen molar-refractivity contribution in [3.05, 3.63) is 67.5 Å². The Morgan fingerprint density at radius 2 is 1.75 bits per heavy atom. The van der Waals surface area contributed by atoms with E-state index in [1.807, 2.05) is 36.7 Å². The Morgan fingerprint density at radius 3 is 2.65 bits per heavy atom. The Bertz CT molecular complexity index is 861. The third kappa shape index (κ3) is 1.68. The highest BCUT2D eigenvalue weighted by Gasteiger charge is 2.05. The molecule has 2 aromatic heterocycles. The summed E-state index contributed by atoms with van der Waals surface area (Å²) in [5.41, 5.74) is 4.09. The first-order chi connectivity index (χ1) is 9.92. The molecule has 2 heterocycles. The molecule has 5 nitrogen and oxygen atoms in total. The van der Waals surface area contributed by atoms with Gasteiger partial charge in [0.15, 0.2) is 0 Å². The van der Waals surface area contributed by atoms with Gasteiger partial charge in [0, 0.05) is 5.69 Å². The van der Waals surface area contributed by atoms with E-state index in [1.54, 1.807) is 11.0 Å². The molecular weight excluding hydrogens is 250 g/mol. The van der Waals surface area contributed by atoms with E-state index in [9.17, 15) is 0 Å². The monoisotopic (exact) mass is 261 g/mol. The van der Waals surface area contributed by atoms with Crippen LogP contribution in [0.15, 0.2) is 67.5 Å². The number of hydrogen-bond donors (Lipinski definition) is 0. The normalized spacial score (nSPS) is 11.0. The first-order valence-electron chi connectivity index (χ1n) is 6.29. The number of hydrogen-bond acceptors (Lipinski definition) is 3. The van der Waals surface area contributed by atoms with E-state index in [0.29, 0.717) is 0 Å². The summed E-state index contributed by atoms with van der Waals surface area (Å²) in [5.74, 6) is 0. The number of benzene rings is 2. The molecule has 0 unspecified atom stereocenters. The fourth-order valence-electron chi connectivity index (χ4n) is 2.29. The molecule has 0 atom stereocenters. The lowest BCUT2D eigenvalue weighted by molar-refractivity contribution is 0.876. The molecule has 0 aliphatic carbocycles. The van der Waals surface area contributed by atoms with Crippen molar-refractivity contribution in [3.8, 4) is 11.4 Å². The van der Waals surface area contributed by atoms with Crippen molar-refractivity contribution < 1.29 is 0 Å². The van der Waals surface area contributed by atoms with Crippen LogP contribution >= 0.6 is 0 Å². The Balaban J connectivity index is 1.88. The maximum Gasteiger partial charge on any atom is 0.138 e. The van der Waals surface area contributed by atoms with Crippen molar-refractivity contribution >= 4 is 11.0 Å². The zero-order valence-corrected chi connectivity index (χ0v) is 10.6. The molecule has 0 fully saturated rings. The molecule has 2 aromatic carbocycles. The molecule has 0 spiro atoms. The number of fused-ring (bicyclic) bond motifs is 1. The fourth-order valence-corrected chi connectivity index (χ4v) is 2.29. The lowest BCUT2D eigenvalue weighted by Gasteiger charge is -2.07. The zero-order chi connectivity index (χ0) is 13.4. The van der Waals surface area contributed by atoms with E-state index in [4.69, 9.17) is 0 Å². The lowest BCUT2D eigenvalue weighted by atomic mass is 10.2. The van der Waals surface area contributed by atoms with Crippen LogP contribution in [0.1, 0.15) is 0 Å². The van der Waals surface area contributed by atoms with E-state index in [2.05, 4.69) is 37.8 Å². The van der Waals surface area contributed by atoms with Crippen LogP contribution in [0.25, 0.3) is 22.4 Å². The molecule has 4 aromatic rings. The molecule has 0 saturated carbocycles. The predicted octanol–water partition coefficient (Wildman–Crippen LogP) is 2.61. The van der Waals surface area contributed by atoms with Crippen LogP contribution in [-0.4, -0.2) is 24.3 Å². The summed E-state index contributed by atoms with van der Waals surface area (Å²) < 4.78 is 3.80. The van der Waals surface area contributed by atoms with Gasteiger partial charge in [-0.15, -0.1) is 0 Å². The highest BCUT2D eigenvalue weighted by Crippen LogP contribution is 2.19. The van der Waals surface area contributed by atoms with Gasteiger partial charge in [-0.1, -0.05) is 18.2 Å². The van der Waals surface area contributed by atoms with Gasteiger partial charge in [-0.3, -0.25) is 4.57 Å². The summed E-state index contributed by atoms with van der Waals surface area (Å²) in [5, 5.41) is 4.15. The maximum atomic E-state index is 4.42. The summed E-state index contributed by atoms with van der Waals surface area (Å²) in [4.78, 5) is 8.39. The first kappa shape index (κ1) is 10.9. The Morgan fingerprint density at radius 1 is 0.850 bits per heavy atom. The highest BCUT2D eigenvalue weighted by molar-refractivity contribution is 5.77. The van der Waals surface area contributed by atoms with Crippen LogP contribution in [0.3, 0.4) is 0 Å². The van der Waals surface area contributed by atoms with Crippen LogP contribution in [0.5, 0.6) is 0 Å². The van der Waals surface area contributed by atoms with E-state index in [-0.39, 0.29) is 0 Å². The SMILES string of the molecule is c1cc(-n2cncn2)cc(-n2cnc3ccccc32)c1. The van der Waals surface area contributed by atoms with Crippen molar-refractivity contribution in [3.63, 3.8) is 0 Å². The molecular formula is C15H11N5. The van der Waals surface area contributed by atoms with Crippen LogP contribution in [0.2, 0.25) is 0 Å². The van der Waals surface area contributed by atoms with E-state index in [0.717, 1.165) is 22.4 Å². The van der Waals surface area contributed by atoms with Crippen molar-refractivity contribution in [2.75, 3.05) is 0 Å². The maximum absolute atomic E-state index is 4.42. The van der Waals surface area contributed by atoms with Crippen LogP contribution in [-0.2, 0) is 0 Å². The molecule has 5 heteroatoms. The van der Waals surface area contributed by atoms with Crippen molar-refractivity contribution in [1.29, 1.82) is 0 Å². The van der Waals surface area contributed by atoms with Gasteiger partial charge in [-0.05, 0) is 30.3 Å². The molecule has 0 aliphatic rings. The molecule has 0 amide bonds. The smallest absolute Gasteiger partial charge is 0.138 e. The molecule has 4 rings (SSSR count). The minimum absolute atomic E-state index is 0.970. The molecule has 0 radical (unpaired) electrons. The van der Waals surface area contributed by atoms with Crippen molar-refractivity contribution in [2.24, 2.45) is 0 Å². The van der Waals surface area contributed by atoms with Gasteiger partial charge in [-0.25, -0.2) is 14.6 Å². The summed E-state index contributed by atoms with van der Waals surface area (Å²) >= 11 is 0. The molecule has 0 N–H and O–H groups in total. The second-order valence-electron chi connectivity index (χ2n) is 4.46. The summed E-state index contributed by atoms with van der Waals surface area (Å²) in [6.07, 6.45) is 5.05. The molecule has 96 valence electrons. The number of rotatable bonds is 2. The standard InChI is InChI=1S/C15H11N5/c1-2-7-15-14(6-1)17-11-19(15)12-4-3-5-13(8-12)20-10-16-9-18-20/h1-11H. The van der Waals surface area contributed by atoms with Gasteiger partial charge >= 0.3 is 0 Å². The van der Waals surface area contributed by atoms with E-state index >= 15 is 0 Å². The first-order valence-corrected chi connectivity index (χ1v) is 6.29. The average molecular weight is 261 g/mol. The van der Waals surface area contributed by atoms with Gasteiger partial charge < -0.3 is 0 Å². The number of imidazole rings is 1. The third-order valence-electron chi connectivity index (χ3n) is 3.24. The molecule has 0 aliphatic heterocycles. The molecule has 0 saturated heterocycles. The van der Waals surface area contributed by atoms with Crippen molar-refractivity contribution in [2.45, 2.75) is 0 Å². The van der Waals surface area contributed by atoms with Crippen LogP contribution in [0, 0.1) is 0 Å². The number of nitrogens with zero attached hydrogens (tertiary/aromatic N) is 5. The Hall–Kier alpha value is -2.95. The number of aromatic nitrogens is 5. The lowest BCUT2D eigenvalue weighted by Crippen LogP contribution is -1.97. The summed E-state index contributed by atoms with van der Waals surface area (Å²) in [6.45, 7) is 0. The largest absolute Gasteiger partial charge is 0.299 e. The minimum Gasteiger partial charge on any atom is -0.299 e. The van der Waals surface area contributed by atoms with Crippen LogP contribution in [0.4, 0.5) is 0 Å². The van der Waals surface area contributed by atoms with E-state index in [1.165, 1.54) is 6.33 Å². The minimum atomic E-state index is 0.970. The fraction of sp³-hybridized carbons (Fsp3) is 0. The highest BCUT2D eigenvalue weighted by atomic mass is 15.3. The zero-order valence-electron chi connectivity index (χ0n) is 10.6. The Labute approximate surface area is 115 Å². The topological polar surface area (TPSA) is 48.5 Å².